The third-order valence-electron chi connectivity index (χ3n) is 3.00. The maximum absolute atomic E-state index is 13.7. The number of carbonyl (C=O) groups is 1. The Morgan fingerprint density at radius 3 is 2.81 bits per heavy atom. The van der Waals surface area contributed by atoms with E-state index in [1.54, 1.807) is 13.0 Å². The lowest BCUT2D eigenvalue weighted by Gasteiger charge is -2.33. The number of aryl methyl sites for hydroxylation is 2. The molecule has 3 heteroatoms. The molecule has 0 N–H and O–H groups in total. The average molecular weight is 222 g/mol. The minimum absolute atomic E-state index is 0.0581. The predicted molar refractivity (Wildman–Crippen MR) is 59.6 cm³/mol. The van der Waals surface area contributed by atoms with Crippen molar-refractivity contribution in [1.82, 2.24) is 0 Å². The Hall–Kier alpha value is -1.38. The molecule has 0 saturated heterocycles. The van der Waals surface area contributed by atoms with Crippen molar-refractivity contribution in [2.45, 2.75) is 39.2 Å². The van der Waals surface area contributed by atoms with Gasteiger partial charge >= 0.3 is 0 Å². The van der Waals surface area contributed by atoms with Gasteiger partial charge in [0.1, 0.15) is 17.2 Å². The van der Waals surface area contributed by atoms with Crippen LogP contribution in [0, 0.1) is 12.7 Å². The lowest BCUT2D eigenvalue weighted by Crippen LogP contribution is -2.33. The lowest BCUT2D eigenvalue weighted by molar-refractivity contribution is 0.0817. The van der Waals surface area contributed by atoms with Crippen LogP contribution in [0.15, 0.2) is 6.07 Å². The van der Waals surface area contributed by atoms with Crippen molar-refractivity contribution in [1.29, 1.82) is 0 Å². The van der Waals surface area contributed by atoms with E-state index in [-0.39, 0.29) is 11.2 Å². The molecule has 0 amide bonds. The van der Waals surface area contributed by atoms with Crippen LogP contribution in [0.2, 0.25) is 0 Å². The highest BCUT2D eigenvalue weighted by Gasteiger charge is 2.30. The minimum Gasteiger partial charge on any atom is -0.487 e. The van der Waals surface area contributed by atoms with Gasteiger partial charge in [0.25, 0.3) is 0 Å². The van der Waals surface area contributed by atoms with Gasteiger partial charge in [0.15, 0.2) is 6.29 Å². The molecule has 0 aromatic heterocycles. The smallest absolute Gasteiger partial charge is 0.156 e. The van der Waals surface area contributed by atoms with E-state index in [2.05, 4.69) is 0 Å². The summed E-state index contributed by atoms with van der Waals surface area (Å²) in [5, 5.41) is 0. The third kappa shape index (κ3) is 1.70. The van der Waals surface area contributed by atoms with Gasteiger partial charge in [0.2, 0.25) is 0 Å². The first kappa shape index (κ1) is 11.1. The summed E-state index contributed by atoms with van der Waals surface area (Å²) in [5.41, 5.74) is 1.17. The van der Waals surface area contributed by atoms with Gasteiger partial charge in [-0.3, -0.25) is 4.79 Å². The number of fused-ring (bicyclic) bond motifs is 1. The average Bonchev–Trinajstić information content (AvgIpc) is 2.20. The summed E-state index contributed by atoms with van der Waals surface area (Å²) in [6.45, 7) is 5.56. The van der Waals surface area contributed by atoms with Crippen molar-refractivity contribution in [2.75, 3.05) is 0 Å². The molecule has 1 aromatic rings. The highest BCUT2D eigenvalue weighted by atomic mass is 19.1. The van der Waals surface area contributed by atoms with Crippen molar-refractivity contribution in [3.8, 4) is 5.75 Å². The summed E-state index contributed by atoms with van der Waals surface area (Å²) in [4.78, 5) is 10.9. The van der Waals surface area contributed by atoms with Crippen LogP contribution in [-0.2, 0) is 6.42 Å². The molecule has 0 fully saturated rings. The van der Waals surface area contributed by atoms with Crippen molar-refractivity contribution in [3.05, 3.63) is 28.6 Å². The molecule has 0 atom stereocenters. The second-order valence-electron chi connectivity index (χ2n) is 4.89. The van der Waals surface area contributed by atoms with Crippen LogP contribution in [-0.4, -0.2) is 11.9 Å². The standard InChI is InChI=1S/C13H15FO2/c1-8-6-9-4-5-13(2,3)16-12(9)10(7-15)11(8)14/h6-7H,4-5H2,1-3H3. The molecule has 0 spiro atoms. The Morgan fingerprint density at radius 2 is 2.19 bits per heavy atom. The largest absolute Gasteiger partial charge is 0.487 e. The molecule has 1 aromatic carbocycles. The van der Waals surface area contributed by atoms with E-state index >= 15 is 0 Å². The SMILES string of the molecule is Cc1cc2c(c(C=O)c1F)OC(C)(C)CC2. The molecule has 0 aliphatic carbocycles. The van der Waals surface area contributed by atoms with E-state index in [0.29, 0.717) is 17.6 Å². The number of aldehydes is 1. The van der Waals surface area contributed by atoms with E-state index in [9.17, 15) is 9.18 Å². The molecule has 2 nitrogen and oxygen atoms in total. The van der Waals surface area contributed by atoms with Crippen molar-refractivity contribution in [3.63, 3.8) is 0 Å². The van der Waals surface area contributed by atoms with Crippen LogP contribution in [0.5, 0.6) is 5.75 Å². The number of hydrogen-bond donors (Lipinski definition) is 0. The maximum atomic E-state index is 13.7. The molecule has 86 valence electrons. The quantitative estimate of drug-likeness (QED) is 0.683. The zero-order valence-electron chi connectivity index (χ0n) is 9.76. The summed E-state index contributed by atoms with van der Waals surface area (Å²) >= 11 is 0. The topological polar surface area (TPSA) is 26.3 Å². The first-order valence-corrected chi connectivity index (χ1v) is 5.41. The fourth-order valence-electron chi connectivity index (χ4n) is 2.05. The molecule has 1 aliphatic heterocycles. The zero-order valence-corrected chi connectivity index (χ0v) is 9.76. The molecule has 0 saturated carbocycles. The summed E-state index contributed by atoms with van der Waals surface area (Å²) in [5.74, 6) is -0.0409. The van der Waals surface area contributed by atoms with E-state index in [1.165, 1.54) is 0 Å². The van der Waals surface area contributed by atoms with Gasteiger partial charge in [-0.25, -0.2) is 4.39 Å². The zero-order chi connectivity index (χ0) is 11.9. The summed E-state index contributed by atoms with van der Waals surface area (Å²) < 4.78 is 19.4. The first-order valence-electron chi connectivity index (χ1n) is 5.41. The number of carbonyl (C=O) groups excluding carboxylic acids is 1. The molecular formula is C13H15FO2. The summed E-state index contributed by atoms with van der Waals surface area (Å²) in [6.07, 6.45) is 2.25. The fraction of sp³-hybridized carbons (Fsp3) is 0.462. The van der Waals surface area contributed by atoms with Gasteiger partial charge < -0.3 is 4.74 Å². The normalized spacial score (nSPS) is 17.5. The van der Waals surface area contributed by atoms with Gasteiger partial charge in [0, 0.05) is 0 Å². The van der Waals surface area contributed by atoms with Crippen LogP contribution in [0.25, 0.3) is 0 Å². The van der Waals surface area contributed by atoms with Gasteiger partial charge in [-0.2, -0.15) is 0 Å². The number of halogens is 1. The molecule has 16 heavy (non-hydrogen) atoms. The molecule has 2 rings (SSSR count). The van der Waals surface area contributed by atoms with Crippen LogP contribution in [0.4, 0.5) is 4.39 Å². The molecular weight excluding hydrogens is 207 g/mol. The van der Waals surface area contributed by atoms with Crippen LogP contribution in [0.1, 0.15) is 41.8 Å². The Morgan fingerprint density at radius 1 is 1.50 bits per heavy atom. The van der Waals surface area contributed by atoms with Crippen LogP contribution >= 0.6 is 0 Å². The third-order valence-corrected chi connectivity index (χ3v) is 3.00. The van der Waals surface area contributed by atoms with Crippen molar-refractivity contribution >= 4 is 6.29 Å². The molecule has 1 aliphatic rings. The fourth-order valence-corrected chi connectivity index (χ4v) is 2.05. The second kappa shape index (κ2) is 3.58. The van der Waals surface area contributed by atoms with E-state index in [0.717, 1.165) is 18.4 Å². The number of rotatable bonds is 1. The number of benzene rings is 1. The Labute approximate surface area is 94.4 Å². The Balaban J connectivity index is 2.61. The van der Waals surface area contributed by atoms with Gasteiger partial charge in [-0.05, 0) is 50.8 Å². The van der Waals surface area contributed by atoms with Crippen LogP contribution < -0.4 is 4.74 Å². The Bertz CT molecular complexity index is 450. The Kier molecular flexibility index (Phi) is 2.49. The van der Waals surface area contributed by atoms with Gasteiger partial charge in [-0.1, -0.05) is 0 Å². The predicted octanol–water partition coefficient (Wildman–Crippen LogP) is 3.05. The van der Waals surface area contributed by atoms with E-state index in [1.807, 2.05) is 13.8 Å². The summed E-state index contributed by atoms with van der Waals surface area (Å²) in [7, 11) is 0. The molecule has 0 radical (unpaired) electrons. The van der Waals surface area contributed by atoms with Gasteiger partial charge in [0.05, 0.1) is 5.56 Å². The second-order valence-corrected chi connectivity index (χ2v) is 4.89. The minimum atomic E-state index is -0.466. The lowest BCUT2D eigenvalue weighted by atomic mass is 9.91. The molecule has 0 unspecified atom stereocenters. The van der Waals surface area contributed by atoms with E-state index < -0.39 is 5.82 Å². The van der Waals surface area contributed by atoms with Crippen molar-refractivity contribution < 1.29 is 13.9 Å². The first-order chi connectivity index (χ1) is 7.44. The molecule has 0 bridgehead atoms. The van der Waals surface area contributed by atoms with Gasteiger partial charge in [-0.15, -0.1) is 0 Å². The van der Waals surface area contributed by atoms with Crippen molar-refractivity contribution in [2.24, 2.45) is 0 Å². The maximum Gasteiger partial charge on any atom is 0.156 e. The monoisotopic (exact) mass is 222 g/mol. The van der Waals surface area contributed by atoms with E-state index in [4.69, 9.17) is 4.74 Å². The highest BCUT2D eigenvalue weighted by molar-refractivity contribution is 5.81. The van der Waals surface area contributed by atoms with Crippen LogP contribution in [0.3, 0.4) is 0 Å². The number of ether oxygens (including phenoxy) is 1. The number of hydrogen-bond acceptors (Lipinski definition) is 2. The highest BCUT2D eigenvalue weighted by Crippen LogP contribution is 2.37. The summed E-state index contributed by atoms with van der Waals surface area (Å²) in [6, 6.07) is 1.77. The molecule has 1 heterocycles.